The van der Waals surface area contributed by atoms with E-state index in [-0.39, 0.29) is 5.91 Å². The van der Waals surface area contributed by atoms with Crippen LogP contribution in [0.3, 0.4) is 0 Å². The molecule has 0 aromatic heterocycles. The lowest BCUT2D eigenvalue weighted by atomic mass is 10.1. The smallest absolute Gasteiger partial charge is 0.259 e. The van der Waals surface area contributed by atoms with Crippen LogP contribution in [0.4, 0.5) is 11.4 Å². The summed E-state index contributed by atoms with van der Waals surface area (Å²) in [6, 6.07) is 8.52. The van der Waals surface area contributed by atoms with Gasteiger partial charge >= 0.3 is 0 Å². The highest BCUT2D eigenvalue weighted by molar-refractivity contribution is 9.10. The van der Waals surface area contributed by atoms with Gasteiger partial charge in [0.15, 0.2) is 0 Å². The molecular weight excluding hydrogens is 356 g/mol. The molecule has 0 aliphatic carbocycles. The number of nitrogen functional groups attached to an aromatic ring is 1. The molecule has 4 nitrogen and oxygen atoms in total. The maximum absolute atomic E-state index is 12.4. The number of methoxy groups -OCH3 is 1. The quantitative estimate of drug-likeness (QED) is 0.795. The fourth-order valence-corrected chi connectivity index (χ4v) is 2.80. The molecular formula is C15H14BrClN2O2. The normalized spacial score (nSPS) is 10.3. The molecule has 2 rings (SSSR count). The molecule has 2 aromatic carbocycles. The summed E-state index contributed by atoms with van der Waals surface area (Å²) >= 11 is 9.33. The van der Waals surface area contributed by atoms with Gasteiger partial charge in [-0.2, -0.15) is 0 Å². The van der Waals surface area contributed by atoms with Crippen LogP contribution in [-0.2, 0) is 0 Å². The van der Waals surface area contributed by atoms with Crippen LogP contribution >= 0.6 is 27.5 Å². The molecule has 3 N–H and O–H groups in total. The zero-order chi connectivity index (χ0) is 15.6. The average molecular weight is 370 g/mol. The number of anilines is 2. The van der Waals surface area contributed by atoms with E-state index in [1.165, 1.54) is 7.11 Å². The summed E-state index contributed by atoms with van der Waals surface area (Å²) in [7, 11) is 1.50. The van der Waals surface area contributed by atoms with Crippen molar-refractivity contribution in [1.29, 1.82) is 0 Å². The largest absolute Gasteiger partial charge is 0.496 e. The molecule has 0 saturated carbocycles. The first kappa shape index (κ1) is 15.7. The minimum absolute atomic E-state index is 0.342. The van der Waals surface area contributed by atoms with Crippen molar-refractivity contribution in [3.05, 3.63) is 51.0 Å². The topological polar surface area (TPSA) is 64.3 Å². The summed E-state index contributed by atoms with van der Waals surface area (Å²) in [5.74, 6) is 0.101. The van der Waals surface area contributed by atoms with Crippen molar-refractivity contribution in [2.24, 2.45) is 0 Å². The van der Waals surface area contributed by atoms with Crippen LogP contribution in [-0.4, -0.2) is 13.0 Å². The fourth-order valence-electron chi connectivity index (χ4n) is 1.94. The van der Waals surface area contributed by atoms with Crippen molar-refractivity contribution < 1.29 is 9.53 Å². The van der Waals surface area contributed by atoms with E-state index in [1.54, 1.807) is 24.3 Å². The van der Waals surface area contributed by atoms with Crippen LogP contribution in [0.5, 0.6) is 5.75 Å². The van der Waals surface area contributed by atoms with Crippen molar-refractivity contribution in [1.82, 2.24) is 0 Å². The molecule has 0 aliphatic rings. The number of carbonyl (C=O) groups excluding carboxylic acids is 1. The van der Waals surface area contributed by atoms with E-state index < -0.39 is 0 Å². The number of carbonyl (C=O) groups is 1. The molecule has 0 aliphatic heterocycles. The molecule has 0 fully saturated rings. The van der Waals surface area contributed by atoms with Gasteiger partial charge in [-0.05, 0) is 58.7 Å². The Hall–Kier alpha value is -1.72. The molecule has 6 heteroatoms. The van der Waals surface area contributed by atoms with Gasteiger partial charge in [0.1, 0.15) is 5.75 Å². The van der Waals surface area contributed by atoms with Crippen molar-refractivity contribution in [3.8, 4) is 5.75 Å². The predicted molar refractivity (Wildman–Crippen MR) is 89.2 cm³/mol. The first-order valence-corrected chi connectivity index (χ1v) is 7.30. The Morgan fingerprint density at radius 3 is 2.67 bits per heavy atom. The zero-order valence-corrected chi connectivity index (χ0v) is 13.9. The van der Waals surface area contributed by atoms with Crippen molar-refractivity contribution in [3.63, 3.8) is 0 Å². The number of halogens is 2. The predicted octanol–water partition coefficient (Wildman–Crippen LogP) is 4.25. The minimum atomic E-state index is -0.342. The second kappa shape index (κ2) is 6.37. The molecule has 0 heterocycles. The van der Waals surface area contributed by atoms with Crippen LogP contribution in [0.25, 0.3) is 0 Å². The number of benzene rings is 2. The molecule has 1 amide bonds. The molecule has 21 heavy (non-hydrogen) atoms. The van der Waals surface area contributed by atoms with Crippen molar-refractivity contribution >= 4 is 44.8 Å². The van der Waals surface area contributed by atoms with Crippen LogP contribution in [0.1, 0.15) is 15.9 Å². The van der Waals surface area contributed by atoms with E-state index in [0.717, 1.165) is 5.56 Å². The van der Waals surface area contributed by atoms with Gasteiger partial charge in [-0.3, -0.25) is 4.79 Å². The summed E-state index contributed by atoms with van der Waals surface area (Å²) in [5.41, 5.74) is 8.29. The van der Waals surface area contributed by atoms with Gasteiger partial charge < -0.3 is 15.8 Å². The van der Waals surface area contributed by atoms with Crippen LogP contribution in [0.2, 0.25) is 5.02 Å². The number of hydrogen-bond donors (Lipinski definition) is 2. The summed E-state index contributed by atoms with van der Waals surface area (Å²) < 4.78 is 5.89. The van der Waals surface area contributed by atoms with Crippen molar-refractivity contribution in [2.75, 3.05) is 18.2 Å². The van der Waals surface area contributed by atoms with E-state index >= 15 is 0 Å². The lowest BCUT2D eigenvalue weighted by Crippen LogP contribution is -2.15. The number of hydrogen-bond acceptors (Lipinski definition) is 3. The van der Waals surface area contributed by atoms with E-state index in [4.69, 9.17) is 22.1 Å². The standard InChI is InChI=1S/C15H14BrClN2O2/c1-8-5-11(16)14(12(18)6-8)19-15(20)10-7-9(17)3-4-13(10)21-2/h3-7H,18H2,1-2H3,(H,19,20). The Bertz CT molecular complexity index is 681. The van der Waals surface area contributed by atoms with Crippen LogP contribution in [0, 0.1) is 6.92 Å². The number of ether oxygens (including phenoxy) is 1. The number of rotatable bonds is 3. The number of aryl methyl sites for hydroxylation is 1. The maximum atomic E-state index is 12.4. The zero-order valence-electron chi connectivity index (χ0n) is 11.5. The van der Waals surface area contributed by atoms with E-state index in [2.05, 4.69) is 21.2 Å². The van der Waals surface area contributed by atoms with Gasteiger partial charge in [0.2, 0.25) is 0 Å². The molecule has 0 spiro atoms. The molecule has 0 radical (unpaired) electrons. The summed E-state index contributed by atoms with van der Waals surface area (Å²) in [6.07, 6.45) is 0. The lowest BCUT2D eigenvalue weighted by molar-refractivity contribution is 0.102. The summed E-state index contributed by atoms with van der Waals surface area (Å²) in [4.78, 5) is 12.4. The van der Waals surface area contributed by atoms with Gasteiger partial charge in [0.05, 0.1) is 24.0 Å². The second-order valence-corrected chi connectivity index (χ2v) is 5.80. The van der Waals surface area contributed by atoms with Gasteiger partial charge in [-0.1, -0.05) is 11.6 Å². The summed E-state index contributed by atoms with van der Waals surface area (Å²) in [5, 5.41) is 3.23. The number of amides is 1. The summed E-state index contributed by atoms with van der Waals surface area (Å²) in [6.45, 7) is 1.92. The monoisotopic (exact) mass is 368 g/mol. The molecule has 110 valence electrons. The highest BCUT2D eigenvalue weighted by atomic mass is 79.9. The molecule has 0 atom stereocenters. The number of nitrogens with one attached hydrogen (secondary N) is 1. The van der Waals surface area contributed by atoms with Crippen LogP contribution in [0.15, 0.2) is 34.8 Å². The Morgan fingerprint density at radius 1 is 1.33 bits per heavy atom. The Balaban J connectivity index is 2.37. The molecule has 0 bridgehead atoms. The molecule has 2 aromatic rings. The van der Waals surface area contributed by atoms with Crippen LogP contribution < -0.4 is 15.8 Å². The average Bonchev–Trinajstić information content (AvgIpc) is 2.42. The minimum Gasteiger partial charge on any atom is -0.496 e. The van der Waals surface area contributed by atoms with Gasteiger partial charge in [-0.25, -0.2) is 0 Å². The Kier molecular flexibility index (Phi) is 4.75. The third-order valence-corrected chi connectivity index (χ3v) is 3.77. The number of nitrogens with two attached hydrogens (primary N) is 1. The third-order valence-electron chi connectivity index (χ3n) is 2.91. The van der Waals surface area contributed by atoms with E-state index in [0.29, 0.717) is 32.2 Å². The van der Waals surface area contributed by atoms with Gasteiger partial charge in [-0.15, -0.1) is 0 Å². The van der Waals surface area contributed by atoms with E-state index in [1.807, 2.05) is 13.0 Å². The van der Waals surface area contributed by atoms with Gasteiger partial charge in [0, 0.05) is 9.50 Å². The van der Waals surface area contributed by atoms with E-state index in [9.17, 15) is 4.79 Å². The Labute approximate surface area is 136 Å². The second-order valence-electron chi connectivity index (χ2n) is 4.51. The maximum Gasteiger partial charge on any atom is 0.259 e. The van der Waals surface area contributed by atoms with Crippen molar-refractivity contribution in [2.45, 2.75) is 6.92 Å². The first-order chi connectivity index (χ1) is 9.92. The Morgan fingerprint density at radius 2 is 2.05 bits per heavy atom. The fraction of sp³-hybridized carbons (Fsp3) is 0.133. The first-order valence-electron chi connectivity index (χ1n) is 6.13. The van der Waals surface area contributed by atoms with Gasteiger partial charge in [0.25, 0.3) is 5.91 Å². The highest BCUT2D eigenvalue weighted by Gasteiger charge is 2.16. The molecule has 0 saturated heterocycles. The third kappa shape index (κ3) is 3.49. The molecule has 0 unspecified atom stereocenters. The SMILES string of the molecule is COc1ccc(Cl)cc1C(=O)Nc1c(N)cc(C)cc1Br. The highest BCUT2D eigenvalue weighted by Crippen LogP contribution is 2.31. The lowest BCUT2D eigenvalue weighted by Gasteiger charge is -2.13.